The molecule has 1 heterocycles. The zero-order chi connectivity index (χ0) is 8.32. The molecule has 0 bridgehead atoms. The summed E-state index contributed by atoms with van der Waals surface area (Å²) >= 11 is 3.16. The third-order valence-corrected chi connectivity index (χ3v) is 2.69. The van der Waals surface area contributed by atoms with E-state index in [1.807, 2.05) is 6.92 Å². The highest BCUT2D eigenvalue weighted by molar-refractivity contribution is 9.09. The van der Waals surface area contributed by atoms with Gasteiger partial charge in [0.15, 0.2) is 5.78 Å². The Morgan fingerprint density at radius 1 is 1.64 bits per heavy atom. The van der Waals surface area contributed by atoms with Crippen LogP contribution >= 0.6 is 15.9 Å². The van der Waals surface area contributed by atoms with E-state index in [1.165, 1.54) is 0 Å². The maximum Gasteiger partial charge on any atom is 0.174 e. The fraction of sp³-hybridized carbons (Fsp3) is 0.875. The summed E-state index contributed by atoms with van der Waals surface area (Å²) in [5, 5.41) is 0.406. The van der Waals surface area contributed by atoms with Gasteiger partial charge in [-0.15, -0.1) is 0 Å². The molecule has 1 aliphatic heterocycles. The second-order valence-electron chi connectivity index (χ2n) is 3.09. The summed E-state index contributed by atoms with van der Waals surface area (Å²) in [6.07, 6.45) is 3.07. The molecule has 1 unspecified atom stereocenters. The van der Waals surface area contributed by atoms with E-state index in [2.05, 4.69) is 15.9 Å². The largest absolute Gasteiger partial charge is 0.367 e. The minimum Gasteiger partial charge on any atom is -0.367 e. The van der Waals surface area contributed by atoms with Gasteiger partial charge in [0.1, 0.15) is 5.60 Å². The number of ether oxygens (including phenoxy) is 1. The molecule has 0 aromatic rings. The van der Waals surface area contributed by atoms with Crippen molar-refractivity contribution in [2.24, 2.45) is 0 Å². The summed E-state index contributed by atoms with van der Waals surface area (Å²) in [5.41, 5.74) is -0.498. The summed E-state index contributed by atoms with van der Waals surface area (Å²) < 4.78 is 5.44. The molecule has 0 aromatic carbocycles. The molecule has 2 nitrogen and oxygen atoms in total. The van der Waals surface area contributed by atoms with Gasteiger partial charge in [0, 0.05) is 6.61 Å². The fourth-order valence-electron chi connectivity index (χ4n) is 1.30. The van der Waals surface area contributed by atoms with E-state index in [-0.39, 0.29) is 5.78 Å². The highest BCUT2D eigenvalue weighted by Gasteiger charge is 2.34. The maximum absolute atomic E-state index is 11.3. The van der Waals surface area contributed by atoms with Crippen molar-refractivity contribution in [1.82, 2.24) is 0 Å². The molecule has 3 heteroatoms. The van der Waals surface area contributed by atoms with Gasteiger partial charge in [-0.25, -0.2) is 0 Å². The molecule has 0 saturated carbocycles. The van der Waals surface area contributed by atoms with Crippen LogP contribution in [-0.4, -0.2) is 23.3 Å². The predicted octanol–water partition coefficient (Wildman–Crippen LogP) is 1.91. The molecule has 0 N–H and O–H groups in total. The van der Waals surface area contributed by atoms with E-state index < -0.39 is 5.60 Å². The third-order valence-electron chi connectivity index (χ3n) is 2.18. The Morgan fingerprint density at radius 2 is 2.36 bits per heavy atom. The van der Waals surface area contributed by atoms with Gasteiger partial charge in [-0.05, 0) is 26.2 Å². The van der Waals surface area contributed by atoms with E-state index in [1.54, 1.807) is 0 Å². The van der Waals surface area contributed by atoms with E-state index >= 15 is 0 Å². The molecule has 0 radical (unpaired) electrons. The van der Waals surface area contributed by atoms with Crippen LogP contribution in [0.1, 0.15) is 26.2 Å². The number of carbonyl (C=O) groups excluding carboxylic acids is 1. The van der Waals surface area contributed by atoms with Crippen molar-refractivity contribution in [1.29, 1.82) is 0 Å². The topological polar surface area (TPSA) is 26.3 Å². The molecular formula is C8H13BrO2. The summed E-state index contributed by atoms with van der Waals surface area (Å²) in [6.45, 7) is 2.62. The van der Waals surface area contributed by atoms with Crippen molar-refractivity contribution < 1.29 is 9.53 Å². The van der Waals surface area contributed by atoms with Crippen LogP contribution in [0.3, 0.4) is 0 Å². The van der Waals surface area contributed by atoms with Crippen molar-refractivity contribution in [2.45, 2.75) is 31.8 Å². The molecule has 0 aromatic heterocycles. The van der Waals surface area contributed by atoms with Crippen molar-refractivity contribution in [2.75, 3.05) is 11.9 Å². The van der Waals surface area contributed by atoms with Gasteiger partial charge < -0.3 is 4.74 Å². The van der Waals surface area contributed by atoms with Crippen LogP contribution in [0.25, 0.3) is 0 Å². The van der Waals surface area contributed by atoms with Gasteiger partial charge in [-0.3, -0.25) is 4.79 Å². The second kappa shape index (κ2) is 3.68. The third kappa shape index (κ3) is 2.03. The summed E-state index contributed by atoms with van der Waals surface area (Å²) in [4.78, 5) is 11.3. The summed E-state index contributed by atoms with van der Waals surface area (Å²) in [7, 11) is 0. The molecule has 64 valence electrons. The Balaban J connectivity index is 2.56. The Morgan fingerprint density at radius 3 is 2.82 bits per heavy atom. The predicted molar refractivity (Wildman–Crippen MR) is 47.0 cm³/mol. The first-order valence-electron chi connectivity index (χ1n) is 3.92. The van der Waals surface area contributed by atoms with E-state index in [4.69, 9.17) is 4.74 Å². The van der Waals surface area contributed by atoms with Gasteiger partial charge in [0.25, 0.3) is 0 Å². The Hall–Kier alpha value is 0.110. The fourth-order valence-corrected chi connectivity index (χ4v) is 1.89. The number of ketones is 1. The first kappa shape index (κ1) is 9.20. The number of hydrogen-bond acceptors (Lipinski definition) is 2. The average Bonchev–Trinajstić information content (AvgIpc) is 2.04. The highest BCUT2D eigenvalue weighted by Crippen LogP contribution is 2.25. The van der Waals surface area contributed by atoms with Crippen molar-refractivity contribution >= 4 is 21.7 Å². The minimum absolute atomic E-state index is 0.164. The molecular weight excluding hydrogens is 208 g/mol. The van der Waals surface area contributed by atoms with Crippen LogP contribution in [-0.2, 0) is 9.53 Å². The molecule has 1 saturated heterocycles. The smallest absolute Gasteiger partial charge is 0.174 e. The number of alkyl halides is 1. The van der Waals surface area contributed by atoms with Gasteiger partial charge >= 0.3 is 0 Å². The zero-order valence-corrected chi connectivity index (χ0v) is 8.32. The number of carbonyl (C=O) groups is 1. The lowest BCUT2D eigenvalue weighted by Gasteiger charge is -2.31. The van der Waals surface area contributed by atoms with Gasteiger partial charge in [-0.1, -0.05) is 15.9 Å². The van der Waals surface area contributed by atoms with Gasteiger partial charge in [0.05, 0.1) is 5.33 Å². The Kier molecular flexibility index (Phi) is 3.07. The Labute approximate surface area is 75.4 Å². The zero-order valence-electron chi connectivity index (χ0n) is 6.73. The summed E-state index contributed by atoms with van der Waals surface area (Å²) in [6, 6.07) is 0. The number of Topliss-reactive ketones (excluding diaryl/α,β-unsaturated/α-hetero) is 1. The normalized spacial score (nSPS) is 31.8. The Bertz CT molecular complexity index is 150. The molecule has 1 rings (SSSR count). The lowest BCUT2D eigenvalue weighted by molar-refractivity contribution is -0.145. The molecule has 1 atom stereocenters. The molecule has 0 spiro atoms. The molecule has 0 aliphatic carbocycles. The standard InChI is InChI=1S/C8H13BrO2/c1-8(7(10)6-9)4-2-3-5-11-8/h2-6H2,1H3. The van der Waals surface area contributed by atoms with Gasteiger partial charge in [-0.2, -0.15) is 0 Å². The minimum atomic E-state index is -0.498. The van der Waals surface area contributed by atoms with Crippen LogP contribution in [0.15, 0.2) is 0 Å². The first-order chi connectivity index (χ1) is 5.19. The first-order valence-corrected chi connectivity index (χ1v) is 5.04. The van der Waals surface area contributed by atoms with Crippen molar-refractivity contribution in [3.05, 3.63) is 0 Å². The second-order valence-corrected chi connectivity index (χ2v) is 3.65. The number of hydrogen-bond donors (Lipinski definition) is 0. The highest BCUT2D eigenvalue weighted by atomic mass is 79.9. The lowest BCUT2D eigenvalue weighted by Crippen LogP contribution is -2.41. The quantitative estimate of drug-likeness (QED) is 0.666. The van der Waals surface area contributed by atoms with Gasteiger partial charge in [0.2, 0.25) is 0 Å². The number of halogens is 1. The molecule has 11 heavy (non-hydrogen) atoms. The van der Waals surface area contributed by atoms with E-state index in [0.717, 1.165) is 25.9 Å². The van der Waals surface area contributed by atoms with Crippen LogP contribution in [0.2, 0.25) is 0 Å². The monoisotopic (exact) mass is 220 g/mol. The lowest BCUT2D eigenvalue weighted by atomic mass is 9.92. The number of rotatable bonds is 2. The summed E-state index contributed by atoms with van der Waals surface area (Å²) in [5.74, 6) is 0.164. The van der Waals surface area contributed by atoms with Crippen LogP contribution in [0, 0.1) is 0 Å². The van der Waals surface area contributed by atoms with Crippen LogP contribution in [0.4, 0.5) is 0 Å². The average molecular weight is 221 g/mol. The van der Waals surface area contributed by atoms with E-state index in [0.29, 0.717) is 5.33 Å². The maximum atomic E-state index is 11.3. The SMILES string of the molecule is CC1(C(=O)CBr)CCCCO1. The molecule has 0 amide bonds. The van der Waals surface area contributed by atoms with Crippen molar-refractivity contribution in [3.8, 4) is 0 Å². The van der Waals surface area contributed by atoms with Crippen LogP contribution < -0.4 is 0 Å². The van der Waals surface area contributed by atoms with Crippen molar-refractivity contribution in [3.63, 3.8) is 0 Å². The van der Waals surface area contributed by atoms with E-state index in [9.17, 15) is 4.79 Å². The van der Waals surface area contributed by atoms with Crippen LogP contribution in [0.5, 0.6) is 0 Å². The molecule has 1 fully saturated rings. The molecule has 1 aliphatic rings.